The first-order valence-corrected chi connectivity index (χ1v) is 17.0. The number of nitrogens with zero attached hydrogens (tertiary/aromatic N) is 4. The van der Waals surface area contributed by atoms with Gasteiger partial charge in [-0.05, 0) is 45.0 Å². The lowest BCUT2D eigenvalue weighted by atomic mass is 10.0. The van der Waals surface area contributed by atoms with Gasteiger partial charge in [-0.1, -0.05) is 11.6 Å². The van der Waals surface area contributed by atoms with Crippen molar-refractivity contribution in [2.45, 2.75) is 61.8 Å². The summed E-state index contributed by atoms with van der Waals surface area (Å²) in [5.74, 6) is -3.18. The van der Waals surface area contributed by atoms with Crippen LogP contribution in [-0.2, 0) is 35.0 Å². The van der Waals surface area contributed by atoms with Crippen molar-refractivity contribution in [3.63, 3.8) is 0 Å². The summed E-state index contributed by atoms with van der Waals surface area (Å²) in [4.78, 5) is 32.8. The van der Waals surface area contributed by atoms with E-state index in [1.807, 2.05) is 0 Å². The first-order valence-electron chi connectivity index (χ1n) is 15.2. The molecule has 13 nitrogen and oxygen atoms in total. The molecule has 47 heavy (non-hydrogen) atoms. The number of ether oxygens (including phenoxy) is 4. The second-order valence-electron chi connectivity index (χ2n) is 12.7. The maximum Gasteiger partial charge on any atom is 0.407 e. The molecule has 0 aliphatic carbocycles. The van der Waals surface area contributed by atoms with Crippen LogP contribution in [0.1, 0.15) is 32.8 Å². The van der Waals surface area contributed by atoms with Gasteiger partial charge >= 0.3 is 12.0 Å². The lowest BCUT2D eigenvalue weighted by Crippen LogP contribution is -2.51. The van der Waals surface area contributed by atoms with Gasteiger partial charge in [-0.15, -0.1) is 0 Å². The highest BCUT2D eigenvalue weighted by molar-refractivity contribution is 7.89. The number of alkyl halides is 2. The summed E-state index contributed by atoms with van der Waals surface area (Å²) in [6, 6.07) is 5.64. The van der Waals surface area contributed by atoms with E-state index in [1.165, 1.54) is 33.5 Å². The largest absolute Gasteiger partial charge is 0.489 e. The number of fused-ring (bicyclic) bond motifs is 3. The van der Waals surface area contributed by atoms with E-state index in [0.29, 0.717) is 5.69 Å². The fourth-order valence-corrected chi connectivity index (χ4v) is 7.71. The number of benzene rings is 1. The van der Waals surface area contributed by atoms with Crippen LogP contribution in [0.5, 0.6) is 5.75 Å². The Balaban J connectivity index is 1.13. The van der Waals surface area contributed by atoms with Crippen molar-refractivity contribution < 1.29 is 45.7 Å². The Labute approximate surface area is 276 Å². The number of hydrogen-bond donors (Lipinski definition) is 1. The number of pyridine rings is 1. The summed E-state index contributed by atoms with van der Waals surface area (Å²) in [5.41, 5.74) is -0.657. The van der Waals surface area contributed by atoms with E-state index >= 15 is 8.78 Å². The van der Waals surface area contributed by atoms with Gasteiger partial charge in [-0.25, -0.2) is 18.2 Å². The Hall–Kier alpha value is -3.31. The number of aromatic nitrogens is 1. The van der Waals surface area contributed by atoms with Crippen molar-refractivity contribution >= 4 is 45.1 Å². The number of hydrogen-bond acceptors (Lipinski definition) is 10. The number of sulfonamides is 1. The number of anilines is 2. The van der Waals surface area contributed by atoms with Gasteiger partial charge in [0.05, 0.1) is 42.5 Å². The molecule has 1 aromatic carbocycles. The van der Waals surface area contributed by atoms with Crippen LogP contribution >= 0.6 is 11.6 Å². The monoisotopic (exact) mass is 699 g/mol. The van der Waals surface area contributed by atoms with Crippen LogP contribution in [-0.4, -0.2) is 106 Å². The van der Waals surface area contributed by atoms with Crippen molar-refractivity contribution in [1.29, 1.82) is 0 Å². The standard InChI is InChI=1S/C30H36ClF2N5O8S/c1-29(2,3)46-28(40)34-20-15-27(39)38-21-5-4-19(14-23(21)45-16-22(20)38)47(41,42)37-8-6-36(7-9-37)26-13-18(12-25(31)35-26)30(32,33)24-17-43-10-11-44-24/h4-5,12-14,20,22,24H,6-11,15-17H2,1-3H3,(H,34,40)/t20?,22?,24-/m0/s1. The highest BCUT2D eigenvalue weighted by atomic mass is 35.5. The van der Waals surface area contributed by atoms with Crippen LogP contribution in [0.25, 0.3) is 0 Å². The number of nitrogens with one attached hydrogen (secondary N) is 1. The molecule has 4 aliphatic heterocycles. The number of rotatable bonds is 6. The van der Waals surface area contributed by atoms with Gasteiger partial charge in [0.25, 0.3) is 0 Å². The topological polar surface area (TPSA) is 140 Å². The number of amides is 2. The van der Waals surface area contributed by atoms with Gasteiger partial charge in [-0.3, -0.25) is 4.79 Å². The molecule has 2 aromatic rings. The molecule has 0 bridgehead atoms. The van der Waals surface area contributed by atoms with Gasteiger partial charge in [0, 0.05) is 44.2 Å². The van der Waals surface area contributed by atoms with Crippen molar-refractivity contribution in [3.05, 3.63) is 41.0 Å². The van der Waals surface area contributed by atoms with Crippen molar-refractivity contribution in [1.82, 2.24) is 14.6 Å². The Morgan fingerprint density at radius 1 is 1.09 bits per heavy atom. The minimum Gasteiger partial charge on any atom is -0.489 e. The average molecular weight is 700 g/mol. The van der Waals surface area contributed by atoms with Gasteiger partial charge in [0.2, 0.25) is 15.9 Å². The third-order valence-corrected chi connectivity index (χ3v) is 10.4. The van der Waals surface area contributed by atoms with Crippen LogP contribution in [0.4, 0.5) is 25.1 Å². The number of carbonyl (C=O) groups excluding carboxylic acids is 2. The van der Waals surface area contributed by atoms with Crippen molar-refractivity contribution in [2.24, 2.45) is 0 Å². The Kier molecular flexibility index (Phi) is 9.02. The average Bonchev–Trinajstić information content (AvgIpc) is 3.34. The molecule has 3 atom stereocenters. The zero-order valence-corrected chi connectivity index (χ0v) is 27.7. The zero-order valence-electron chi connectivity index (χ0n) is 26.1. The molecule has 3 saturated heterocycles. The molecule has 1 aromatic heterocycles. The van der Waals surface area contributed by atoms with Gasteiger partial charge in [0.15, 0.2) is 0 Å². The SMILES string of the molecule is CC(C)(C)OC(=O)NC1CC(=O)N2c3ccc(S(=O)(=O)N4CCN(c5cc(C(F)(F)[C@@H]6COCCO6)cc(Cl)n5)CC4)cc3OCC12. The number of halogens is 3. The summed E-state index contributed by atoms with van der Waals surface area (Å²) in [6.45, 7) is 5.80. The Bertz CT molecular complexity index is 1640. The second-order valence-corrected chi connectivity index (χ2v) is 15.0. The molecule has 2 amide bonds. The van der Waals surface area contributed by atoms with Crippen molar-refractivity contribution in [3.8, 4) is 5.75 Å². The molecular weight excluding hydrogens is 664 g/mol. The second kappa shape index (κ2) is 12.6. The number of piperazine rings is 1. The Morgan fingerprint density at radius 3 is 2.51 bits per heavy atom. The van der Waals surface area contributed by atoms with E-state index in [4.69, 9.17) is 30.5 Å². The zero-order chi connectivity index (χ0) is 33.7. The van der Waals surface area contributed by atoms with Crippen LogP contribution in [0.3, 0.4) is 0 Å². The quantitative estimate of drug-likeness (QED) is 0.448. The first kappa shape index (κ1) is 33.6. The van der Waals surface area contributed by atoms with Gasteiger partial charge in [0.1, 0.15) is 35.0 Å². The molecule has 0 radical (unpaired) electrons. The summed E-state index contributed by atoms with van der Waals surface area (Å²) < 4.78 is 80.8. The van der Waals surface area contributed by atoms with E-state index in [-0.39, 0.29) is 92.1 Å². The number of carbonyl (C=O) groups is 2. The van der Waals surface area contributed by atoms with Crippen LogP contribution in [0, 0.1) is 0 Å². The fourth-order valence-electron chi connectivity index (χ4n) is 6.07. The van der Waals surface area contributed by atoms with E-state index < -0.39 is 45.8 Å². The lowest BCUT2D eigenvalue weighted by Gasteiger charge is -2.36. The highest BCUT2D eigenvalue weighted by Crippen LogP contribution is 2.41. The molecule has 5 heterocycles. The van der Waals surface area contributed by atoms with Crippen molar-refractivity contribution in [2.75, 3.05) is 62.4 Å². The summed E-state index contributed by atoms with van der Waals surface area (Å²) in [6.07, 6.45) is -2.06. The minimum atomic E-state index is -3.98. The van der Waals surface area contributed by atoms with Gasteiger partial charge in [-0.2, -0.15) is 13.1 Å². The fraction of sp³-hybridized carbons (Fsp3) is 0.567. The lowest BCUT2D eigenvalue weighted by molar-refractivity contribution is -0.199. The molecule has 17 heteroatoms. The van der Waals surface area contributed by atoms with E-state index in [0.717, 1.165) is 6.07 Å². The summed E-state index contributed by atoms with van der Waals surface area (Å²) in [7, 11) is -3.98. The van der Waals surface area contributed by atoms with E-state index in [9.17, 15) is 18.0 Å². The molecule has 2 unspecified atom stereocenters. The molecular formula is C30H36ClF2N5O8S. The Morgan fingerprint density at radius 2 is 1.83 bits per heavy atom. The number of alkyl carbamates (subject to hydrolysis) is 1. The predicted octanol–water partition coefficient (Wildman–Crippen LogP) is 3.14. The van der Waals surface area contributed by atoms with E-state index in [2.05, 4.69) is 10.3 Å². The molecule has 3 fully saturated rings. The van der Waals surface area contributed by atoms with Crippen LogP contribution in [0.2, 0.25) is 5.15 Å². The molecule has 256 valence electrons. The molecule has 0 saturated carbocycles. The maximum atomic E-state index is 15.3. The molecule has 1 N–H and O–H groups in total. The normalized spacial score (nSPS) is 24.0. The van der Waals surface area contributed by atoms with Crippen LogP contribution < -0.4 is 19.9 Å². The predicted molar refractivity (Wildman–Crippen MR) is 166 cm³/mol. The minimum absolute atomic E-state index is 0.0178. The van der Waals surface area contributed by atoms with E-state index in [1.54, 1.807) is 25.7 Å². The third kappa shape index (κ3) is 6.84. The maximum absolute atomic E-state index is 15.3. The third-order valence-electron chi connectivity index (χ3n) is 8.35. The highest BCUT2D eigenvalue weighted by Gasteiger charge is 2.47. The molecule has 4 aliphatic rings. The smallest absolute Gasteiger partial charge is 0.407 e. The van der Waals surface area contributed by atoms with Gasteiger partial charge < -0.3 is 34.1 Å². The molecule has 0 spiro atoms. The summed E-state index contributed by atoms with van der Waals surface area (Å²) in [5, 5.41) is 2.63. The molecule has 6 rings (SSSR count). The summed E-state index contributed by atoms with van der Waals surface area (Å²) >= 11 is 6.14. The first-order chi connectivity index (χ1) is 22.1. The van der Waals surface area contributed by atoms with Crippen LogP contribution in [0.15, 0.2) is 35.2 Å².